The minimum Gasteiger partial charge on any atom is -0.395 e. The largest absolute Gasteiger partial charge is 0.395 e. The summed E-state index contributed by atoms with van der Waals surface area (Å²) in [6.45, 7) is 7.23. The van der Waals surface area contributed by atoms with Gasteiger partial charge in [0.2, 0.25) is 0 Å². The number of oxime groups is 1. The average Bonchev–Trinajstić information content (AvgIpc) is 1.83. The maximum absolute atomic E-state index is 5.19. The van der Waals surface area contributed by atoms with Crippen molar-refractivity contribution in [1.29, 1.82) is 0 Å². The summed E-state index contributed by atoms with van der Waals surface area (Å²) in [6, 6.07) is 0. The van der Waals surface area contributed by atoms with Gasteiger partial charge in [-0.2, -0.15) is 0 Å². The monoisotopic (exact) mass is 155 g/mol. The smallest absolute Gasteiger partial charge is 0.122 e. The molecule has 11 heavy (non-hydrogen) atoms. The van der Waals surface area contributed by atoms with Crippen molar-refractivity contribution >= 4 is 5.71 Å². The molecule has 0 aromatic heterocycles. The lowest BCUT2D eigenvalue weighted by molar-refractivity contribution is 0.0572. The van der Waals surface area contributed by atoms with Crippen LogP contribution in [0.1, 0.15) is 40.0 Å². The van der Waals surface area contributed by atoms with E-state index in [2.05, 4.69) is 19.0 Å². The standard InChI is InChI=1S/C9H17NO/c1-8-5-4-6-9(2,3)7-11-10-8/h4-7H2,1-3H3/b10-8-. The fourth-order valence-electron chi connectivity index (χ4n) is 1.26. The molecule has 0 atom stereocenters. The summed E-state index contributed by atoms with van der Waals surface area (Å²) >= 11 is 0. The highest BCUT2D eigenvalue weighted by atomic mass is 16.6. The van der Waals surface area contributed by atoms with E-state index in [4.69, 9.17) is 4.84 Å². The summed E-state index contributed by atoms with van der Waals surface area (Å²) in [7, 11) is 0. The van der Waals surface area contributed by atoms with Crippen molar-refractivity contribution < 1.29 is 4.84 Å². The molecule has 64 valence electrons. The molecule has 0 unspecified atom stereocenters. The number of rotatable bonds is 0. The van der Waals surface area contributed by atoms with E-state index >= 15 is 0 Å². The molecule has 1 aliphatic rings. The van der Waals surface area contributed by atoms with Gasteiger partial charge in [0, 0.05) is 5.41 Å². The molecule has 1 rings (SSSR count). The fourth-order valence-corrected chi connectivity index (χ4v) is 1.26. The Labute approximate surface area is 68.6 Å². The molecule has 0 N–H and O–H groups in total. The normalized spacial score (nSPS) is 29.2. The Morgan fingerprint density at radius 2 is 2.18 bits per heavy atom. The molecule has 0 fully saturated rings. The van der Waals surface area contributed by atoms with Crippen molar-refractivity contribution in [1.82, 2.24) is 0 Å². The van der Waals surface area contributed by atoms with E-state index in [1.165, 1.54) is 12.8 Å². The van der Waals surface area contributed by atoms with E-state index in [1.807, 2.05) is 6.92 Å². The molecule has 0 saturated carbocycles. The third-order valence-corrected chi connectivity index (χ3v) is 2.07. The van der Waals surface area contributed by atoms with Crippen LogP contribution in [0.2, 0.25) is 0 Å². The zero-order chi connectivity index (χ0) is 8.32. The van der Waals surface area contributed by atoms with Gasteiger partial charge in [0.05, 0.1) is 5.71 Å². The summed E-state index contributed by atoms with van der Waals surface area (Å²) in [5, 5.41) is 4.00. The van der Waals surface area contributed by atoms with Gasteiger partial charge in [-0.25, -0.2) is 0 Å². The molecule has 1 aliphatic heterocycles. The molecule has 0 saturated heterocycles. The highest BCUT2D eigenvalue weighted by Crippen LogP contribution is 2.25. The van der Waals surface area contributed by atoms with Crippen molar-refractivity contribution in [2.75, 3.05) is 6.61 Å². The zero-order valence-electron chi connectivity index (χ0n) is 7.68. The molecular weight excluding hydrogens is 138 g/mol. The van der Waals surface area contributed by atoms with Crippen LogP contribution in [0.15, 0.2) is 5.16 Å². The van der Waals surface area contributed by atoms with Crippen LogP contribution in [0.25, 0.3) is 0 Å². The molecule has 0 amide bonds. The van der Waals surface area contributed by atoms with Gasteiger partial charge in [0.15, 0.2) is 0 Å². The summed E-state index contributed by atoms with van der Waals surface area (Å²) in [4.78, 5) is 5.19. The molecule has 0 aromatic rings. The Bertz CT molecular complexity index is 161. The van der Waals surface area contributed by atoms with Crippen LogP contribution in [-0.4, -0.2) is 12.3 Å². The average molecular weight is 155 g/mol. The highest BCUT2D eigenvalue weighted by molar-refractivity contribution is 5.81. The number of hydrogen-bond acceptors (Lipinski definition) is 2. The van der Waals surface area contributed by atoms with Crippen LogP contribution in [0.5, 0.6) is 0 Å². The first kappa shape index (κ1) is 8.57. The second-order valence-corrected chi connectivity index (χ2v) is 4.12. The van der Waals surface area contributed by atoms with E-state index in [0.717, 1.165) is 18.7 Å². The lowest BCUT2D eigenvalue weighted by Gasteiger charge is -2.24. The van der Waals surface area contributed by atoms with Gasteiger partial charge < -0.3 is 4.84 Å². The van der Waals surface area contributed by atoms with Crippen LogP contribution in [0.4, 0.5) is 0 Å². The lowest BCUT2D eigenvalue weighted by atomic mass is 9.88. The van der Waals surface area contributed by atoms with E-state index in [0.29, 0.717) is 5.41 Å². The molecule has 0 bridgehead atoms. The molecule has 2 heteroatoms. The third kappa shape index (κ3) is 2.91. The predicted molar refractivity (Wildman–Crippen MR) is 46.7 cm³/mol. The molecule has 0 aromatic carbocycles. The molecule has 2 nitrogen and oxygen atoms in total. The van der Waals surface area contributed by atoms with Gasteiger partial charge >= 0.3 is 0 Å². The van der Waals surface area contributed by atoms with Crippen LogP contribution >= 0.6 is 0 Å². The Balaban J connectivity index is 2.50. The minimum atomic E-state index is 0.310. The van der Waals surface area contributed by atoms with Gasteiger partial charge in [-0.15, -0.1) is 0 Å². The Kier molecular flexibility index (Phi) is 2.53. The number of nitrogens with zero attached hydrogens (tertiary/aromatic N) is 1. The maximum atomic E-state index is 5.19. The van der Waals surface area contributed by atoms with E-state index in [1.54, 1.807) is 0 Å². The summed E-state index contributed by atoms with van der Waals surface area (Å²) in [5.74, 6) is 0. The van der Waals surface area contributed by atoms with E-state index in [-0.39, 0.29) is 0 Å². The van der Waals surface area contributed by atoms with Crippen molar-refractivity contribution in [3.8, 4) is 0 Å². The van der Waals surface area contributed by atoms with Gasteiger partial charge in [-0.3, -0.25) is 0 Å². The minimum absolute atomic E-state index is 0.310. The van der Waals surface area contributed by atoms with Crippen LogP contribution in [0, 0.1) is 5.41 Å². The van der Waals surface area contributed by atoms with Gasteiger partial charge in [-0.05, 0) is 26.2 Å². The first-order valence-corrected chi connectivity index (χ1v) is 4.26. The van der Waals surface area contributed by atoms with Crippen molar-refractivity contribution in [2.45, 2.75) is 40.0 Å². The quantitative estimate of drug-likeness (QED) is 0.527. The first-order chi connectivity index (χ1) is 5.10. The Morgan fingerprint density at radius 1 is 1.45 bits per heavy atom. The number of hydrogen-bond donors (Lipinski definition) is 0. The van der Waals surface area contributed by atoms with Crippen molar-refractivity contribution in [3.63, 3.8) is 0 Å². The third-order valence-electron chi connectivity index (χ3n) is 2.07. The van der Waals surface area contributed by atoms with Crippen molar-refractivity contribution in [2.24, 2.45) is 10.6 Å². The van der Waals surface area contributed by atoms with Gasteiger partial charge in [0.1, 0.15) is 6.61 Å². The van der Waals surface area contributed by atoms with Crippen molar-refractivity contribution in [3.05, 3.63) is 0 Å². The van der Waals surface area contributed by atoms with Crippen LogP contribution in [-0.2, 0) is 4.84 Å². The Hall–Kier alpha value is -0.530. The SMILES string of the molecule is C/C1=N/OCC(C)(C)CCC1. The topological polar surface area (TPSA) is 21.6 Å². The molecule has 0 aliphatic carbocycles. The maximum Gasteiger partial charge on any atom is 0.122 e. The second-order valence-electron chi connectivity index (χ2n) is 4.12. The molecule has 0 spiro atoms. The van der Waals surface area contributed by atoms with Gasteiger partial charge in [-0.1, -0.05) is 19.0 Å². The second kappa shape index (κ2) is 3.24. The summed E-state index contributed by atoms with van der Waals surface area (Å²) in [5.41, 5.74) is 1.44. The molecule has 1 heterocycles. The highest BCUT2D eigenvalue weighted by Gasteiger charge is 2.19. The van der Waals surface area contributed by atoms with Crippen LogP contribution in [0.3, 0.4) is 0 Å². The predicted octanol–water partition coefficient (Wildman–Crippen LogP) is 2.59. The van der Waals surface area contributed by atoms with Gasteiger partial charge in [0.25, 0.3) is 0 Å². The molecule has 0 radical (unpaired) electrons. The summed E-state index contributed by atoms with van der Waals surface area (Å²) < 4.78 is 0. The molecular formula is C9H17NO. The Morgan fingerprint density at radius 3 is 2.91 bits per heavy atom. The first-order valence-electron chi connectivity index (χ1n) is 4.26. The van der Waals surface area contributed by atoms with E-state index < -0.39 is 0 Å². The lowest BCUT2D eigenvalue weighted by Crippen LogP contribution is -2.20. The van der Waals surface area contributed by atoms with Crippen LogP contribution < -0.4 is 0 Å². The summed E-state index contributed by atoms with van der Waals surface area (Å²) in [6.07, 6.45) is 3.56. The van der Waals surface area contributed by atoms with E-state index in [9.17, 15) is 0 Å². The zero-order valence-corrected chi connectivity index (χ0v) is 7.68. The fraction of sp³-hybridized carbons (Fsp3) is 0.889.